The number of rotatable bonds is 8. The number of carbonyl (C=O) groups excluding carboxylic acids is 2. The molecule has 1 aromatic carbocycles. The maximum Gasteiger partial charge on any atom is 0.336 e. The van der Waals surface area contributed by atoms with E-state index in [-0.39, 0.29) is 19.8 Å². The second-order valence-electron chi connectivity index (χ2n) is 6.35. The highest BCUT2D eigenvalue weighted by Crippen LogP contribution is 2.44. The van der Waals surface area contributed by atoms with Crippen molar-refractivity contribution in [2.75, 3.05) is 26.4 Å². The molecule has 3 N–H and O–H groups in total. The highest BCUT2D eigenvalue weighted by molar-refractivity contribution is 6.31. The number of allylic oxidation sites excluding steroid dienone is 1. The minimum atomic E-state index is -0.865. The smallest absolute Gasteiger partial charge is 0.336 e. The number of carbonyl (C=O) groups is 2. The Labute approximate surface area is 175 Å². The maximum atomic E-state index is 13.0. The molecule has 0 spiro atoms. The van der Waals surface area contributed by atoms with Crippen molar-refractivity contribution in [1.29, 1.82) is 0 Å². The number of ether oxygens (including phenoxy) is 3. The number of hydrogen-bond donors (Lipinski definition) is 2. The van der Waals surface area contributed by atoms with Gasteiger partial charge in [-0.3, -0.25) is 4.79 Å². The van der Waals surface area contributed by atoms with E-state index in [2.05, 4.69) is 5.32 Å². The van der Waals surface area contributed by atoms with Gasteiger partial charge in [-0.05, 0) is 32.4 Å². The van der Waals surface area contributed by atoms with Gasteiger partial charge in [-0.2, -0.15) is 0 Å². The average molecular weight is 423 g/mol. The van der Waals surface area contributed by atoms with Gasteiger partial charge < -0.3 is 25.3 Å². The van der Waals surface area contributed by atoms with Gasteiger partial charge in [0.25, 0.3) is 0 Å². The molecule has 7 nitrogen and oxygen atoms in total. The molecule has 0 fully saturated rings. The first kappa shape index (κ1) is 22.8. The molecule has 2 unspecified atom stereocenters. The SMILES string of the molecule is CCOC(=O)C1=C(C)NC(=COCCN)C(C(=O)OCC)C1c1ccccc1Cl. The third kappa shape index (κ3) is 5.31. The van der Waals surface area contributed by atoms with Crippen LogP contribution in [-0.2, 0) is 23.8 Å². The molecule has 2 atom stereocenters. The fraction of sp³-hybridized carbons (Fsp3) is 0.429. The largest absolute Gasteiger partial charge is 0.498 e. The molecule has 0 saturated carbocycles. The molecule has 158 valence electrons. The monoisotopic (exact) mass is 422 g/mol. The van der Waals surface area contributed by atoms with Crippen LogP contribution in [0.4, 0.5) is 0 Å². The Kier molecular flexibility index (Phi) is 8.54. The summed E-state index contributed by atoms with van der Waals surface area (Å²) in [7, 11) is 0. The second-order valence-corrected chi connectivity index (χ2v) is 6.75. The molecule has 1 aromatic rings. The maximum absolute atomic E-state index is 13.0. The first-order valence-electron chi connectivity index (χ1n) is 9.53. The van der Waals surface area contributed by atoms with Gasteiger partial charge in [0.1, 0.15) is 12.2 Å². The molecule has 0 radical (unpaired) electrons. The van der Waals surface area contributed by atoms with E-state index in [1.54, 1.807) is 45.0 Å². The molecule has 2 rings (SSSR count). The molecule has 0 amide bonds. The van der Waals surface area contributed by atoms with Gasteiger partial charge in [0.2, 0.25) is 0 Å². The summed E-state index contributed by atoms with van der Waals surface area (Å²) in [5.41, 5.74) is 7.46. The predicted molar refractivity (Wildman–Crippen MR) is 110 cm³/mol. The van der Waals surface area contributed by atoms with E-state index in [1.165, 1.54) is 6.26 Å². The molecule has 1 aliphatic heterocycles. The van der Waals surface area contributed by atoms with Crippen molar-refractivity contribution >= 4 is 23.5 Å². The van der Waals surface area contributed by atoms with Crippen LogP contribution in [0.15, 0.2) is 47.5 Å². The summed E-state index contributed by atoms with van der Waals surface area (Å²) in [6.45, 7) is 6.20. The molecular formula is C21H27ClN2O5. The highest BCUT2D eigenvalue weighted by atomic mass is 35.5. The van der Waals surface area contributed by atoms with Gasteiger partial charge in [0, 0.05) is 23.2 Å². The van der Waals surface area contributed by atoms with Crippen molar-refractivity contribution in [3.05, 3.63) is 58.1 Å². The molecule has 0 saturated heterocycles. The zero-order chi connectivity index (χ0) is 21.4. The van der Waals surface area contributed by atoms with E-state index in [0.717, 1.165) is 0 Å². The fourth-order valence-electron chi connectivity index (χ4n) is 3.31. The zero-order valence-electron chi connectivity index (χ0n) is 16.9. The Balaban J connectivity index is 2.68. The molecule has 1 heterocycles. The second kappa shape index (κ2) is 10.9. The Morgan fingerprint density at radius 1 is 1.21 bits per heavy atom. The highest BCUT2D eigenvalue weighted by Gasteiger charge is 2.44. The van der Waals surface area contributed by atoms with Crippen molar-refractivity contribution in [2.24, 2.45) is 11.7 Å². The van der Waals surface area contributed by atoms with Crippen LogP contribution in [0.5, 0.6) is 0 Å². The number of esters is 2. The Bertz CT molecular complexity index is 806. The molecule has 0 aliphatic carbocycles. The topological polar surface area (TPSA) is 99.9 Å². The first-order valence-corrected chi connectivity index (χ1v) is 9.91. The van der Waals surface area contributed by atoms with Crippen LogP contribution in [-0.4, -0.2) is 38.3 Å². The van der Waals surface area contributed by atoms with Crippen molar-refractivity contribution < 1.29 is 23.8 Å². The molecule has 29 heavy (non-hydrogen) atoms. The minimum absolute atomic E-state index is 0.193. The lowest BCUT2D eigenvalue weighted by Gasteiger charge is -2.35. The lowest BCUT2D eigenvalue weighted by Crippen LogP contribution is -2.40. The molecule has 1 aliphatic rings. The lowest BCUT2D eigenvalue weighted by atomic mass is 9.75. The summed E-state index contributed by atoms with van der Waals surface area (Å²) in [5, 5.41) is 3.54. The number of benzene rings is 1. The fourth-order valence-corrected chi connectivity index (χ4v) is 3.56. The number of hydrogen-bond acceptors (Lipinski definition) is 7. The van der Waals surface area contributed by atoms with E-state index in [0.29, 0.717) is 34.1 Å². The van der Waals surface area contributed by atoms with Gasteiger partial charge >= 0.3 is 11.9 Å². The van der Waals surface area contributed by atoms with Gasteiger partial charge in [-0.15, -0.1) is 0 Å². The van der Waals surface area contributed by atoms with Crippen LogP contribution in [0.25, 0.3) is 0 Å². The summed E-state index contributed by atoms with van der Waals surface area (Å²) in [4.78, 5) is 25.8. The third-order valence-electron chi connectivity index (χ3n) is 4.44. The van der Waals surface area contributed by atoms with Crippen molar-refractivity contribution in [3.8, 4) is 0 Å². The average Bonchev–Trinajstić information content (AvgIpc) is 2.68. The normalized spacial score (nSPS) is 20.2. The summed E-state index contributed by atoms with van der Waals surface area (Å²) in [5.74, 6) is -2.58. The molecule has 8 heteroatoms. The summed E-state index contributed by atoms with van der Waals surface area (Å²) < 4.78 is 16.0. The Hall–Kier alpha value is -2.51. The zero-order valence-corrected chi connectivity index (χ0v) is 17.6. The van der Waals surface area contributed by atoms with E-state index in [9.17, 15) is 9.59 Å². The third-order valence-corrected chi connectivity index (χ3v) is 4.78. The quantitative estimate of drug-likeness (QED) is 0.377. The Morgan fingerprint density at radius 3 is 2.52 bits per heavy atom. The van der Waals surface area contributed by atoms with Crippen LogP contribution < -0.4 is 11.1 Å². The summed E-state index contributed by atoms with van der Waals surface area (Å²) in [6, 6.07) is 7.09. The Morgan fingerprint density at radius 2 is 1.90 bits per heavy atom. The summed E-state index contributed by atoms with van der Waals surface area (Å²) >= 11 is 6.46. The van der Waals surface area contributed by atoms with E-state index in [1.807, 2.05) is 0 Å². The predicted octanol–water partition coefficient (Wildman–Crippen LogP) is 2.86. The van der Waals surface area contributed by atoms with Crippen molar-refractivity contribution in [2.45, 2.75) is 26.7 Å². The minimum Gasteiger partial charge on any atom is -0.498 e. The summed E-state index contributed by atoms with van der Waals surface area (Å²) in [6.07, 6.45) is 1.45. The number of nitrogens with two attached hydrogens (primary N) is 1. The molecule has 0 aromatic heterocycles. The van der Waals surface area contributed by atoms with Gasteiger partial charge in [-0.25, -0.2) is 4.79 Å². The lowest BCUT2D eigenvalue weighted by molar-refractivity contribution is -0.147. The van der Waals surface area contributed by atoms with E-state index in [4.69, 9.17) is 31.5 Å². The van der Waals surface area contributed by atoms with Crippen LogP contribution >= 0.6 is 11.6 Å². The van der Waals surface area contributed by atoms with E-state index >= 15 is 0 Å². The first-order chi connectivity index (χ1) is 14.0. The van der Waals surface area contributed by atoms with Gasteiger partial charge in [0.15, 0.2) is 0 Å². The van der Waals surface area contributed by atoms with Crippen LogP contribution in [0.2, 0.25) is 5.02 Å². The van der Waals surface area contributed by atoms with Crippen molar-refractivity contribution in [1.82, 2.24) is 5.32 Å². The number of nitrogens with one attached hydrogen (secondary N) is 1. The number of halogens is 1. The van der Waals surface area contributed by atoms with Crippen LogP contribution in [0.3, 0.4) is 0 Å². The van der Waals surface area contributed by atoms with Gasteiger partial charge in [0.05, 0.1) is 31.1 Å². The van der Waals surface area contributed by atoms with Crippen LogP contribution in [0, 0.1) is 5.92 Å². The standard InChI is InChI=1S/C21H27ClN2O5/c1-4-28-20(25)17-13(3)24-16(12-27-11-10-23)19(21(26)29-5-2)18(17)14-8-6-7-9-15(14)22/h6-9,12,18-19,24H,4-5,10-11,23H2,1-3H3. The molecular weight excluding hydrogens is 396 g/mol. The van der Waals surface area contributed by atoms with Crippen molar-refractivity contribution in [3.63, 3.8) is 0 Å². The molecule has 0 bridgehead atoms. The van der Waals surface area contributed by atoms with Crippen LogP contribution in [0.1, 0.15) is 32.3 Å². The van der Waals surface area contributed by atoms with E-state index < -0.39 is 23.8 Å². The van der Waals surface area contributed by atoms with Gasteiger partial charge in [-0.1, -0.05) is 29.8 Å².